The van der Waals surface area contributed by atoms with Gasteiger partial charge < -0.3 is 10.7 Å². The van der Waals surface area contributed by atoms with Gasteiger partial charge in [-0.15, -0.1) is 0 Å². The number of hydrogen-bond acceptors (Lipinski definition) is 2. The van der Waals surface area contributed by atoms with E-state index < -0.39 is 0 Å². The van der Waals surface area contributed by atoms with Crippen molar-refractivity contribution < 1.29 is 0 Å². The van der Waals surface area contributed by atoms with Gasteiger partial charge in [0.05, 0.1) is 5.52 Å². The molecule has 24 heavy (non-hydrogen) atoms. The summed E-state index contributed by atoms with van der Waals surface area (Å²) < 4.78 is 0. The Morgan fingerprint density at radius 1 is 0.917 bits per heavy atom. The highest BCUT2D eigenvalue weighted by Crippen LogP contribution is 2.32. The van der Waals surface area contributed by atoms with Crippen LogP contribution in [0, 0.1) is 20.8 Å². The van der Waals surface area contributed by atoms with Crippen molar-refractivity contribution in [3.8, 4) is 0 Å². The molecule has 0 amide bonds. The Morgan fingerprint density at radius 2 is 1.67 bits per heavy atom. The molecule has 0 bridgehead atoms. The fourth-order valence-electron chi connectivity index (χ4n) is 3.58. The summed E-state index contributed by atoms with van der Waals surface area (Å²) >= 11 is 0. The highest BCUT2D eigenvalue weighted by Gasteiger charge is 2.15. The molecule has 0 fully saturated rings. The molecular formula is C21H21N3. The molecule has 0 spiro atoms. The molecule has 120 valence electrons. The normalized spacial score (nSPS) is 11.5. The minimum atomic E-state index is 0.796. The number of pyridine rings is 1. The Kier molecular flexibility index (Phi) is 3.31. The zero-order valence-electron chi connectivity index (χ0n) is 14.3. The number of anilines is 1. The standard InChI is InChI=1S/C21H21N3/c1-12-7-6-9-16-20(22)18(14(3)24-21(12)16)11-17-13(2)23-19-10-5-4-8-15(17)19/h4-10,23H,11H2,1-3H3,(H2,22,24). The number of benzene rings is 2. The summed E-state index contributed by atoms with van der Waals surface area (Å²) in [5, 5.41) is 2.31. The molecule has 0 saturated heterocycles. The van der Waals surface area contributed by atoms with Crippen LogP contribution in [0.5, 0.6) is 0 Å². The summed E-state index contributed by atoms with van der Waals surface area (Å²) in [5.74, 6) is 0. The van der Waals surface area contributed by atoms with Gasteiger partial charge in [0.15, 0.2) is 0 Å². The lowest BCUT2D eigenvalue weighted by Gasteiger charge is -2.14. The number of nitrogens with zero attached hydrogens (tertiary/aromatic N) is 1. The predicted octanol–water partition coefficient (Wildman–Crippen LogP) is 4.81. The molecule has 4 rings (SSSR count). The van der Waals surface area contributed by atoms with Crippen molar-refractivity contribution in [3.05, 3.63) is 70.5 Å². The van der Waals surface area contributed by atoms with E-state index in [9.17, 15) is 0 Å². The molecule has 2 heterocycles. The Balaban J connectivity index is 1.92. The number of aromatic nitrogens is 2. The van der Waals surface area contributed by atoms with Crippen molar-refractivity contribution in [2.75, 3.05) is 5.73 Å². The van der Waals surface area contributed by atoms with Crippen molar-refractivity contribution in [1.82, 2.24) is 9.97 Å². The molecule has 0 saturated carbocycles. The van der Waals surface area contributed by atoms with Gasteiger partial charge in [-0.1, -0.05) is 36.4 Å². The smallest absolute Gasteiger partial charge is 0.0755 e. The van der Waals surface area contributed by atoms with Crippen LogP contribution in [-0.4, -0.2) is 9.97 Å². The lowest BCUT2D eigenvalue weighted by Crippen LogP contribution is -2.04. The van der Waals surface area contributed by atoms with Gasteiger partial charge in [0.2, 0.25) is 0 Å². The molecule has 0 aliphatic heterocycles. The number of nitrogens with two attached hydrogens (primary N) is 1. The topological polar surface area (TPSA) is 54.7 Å². The van der Waals surface area contributed by atoms with Gasteiger partial charge in [-0.05, 0) is 38.0 Å². The fraction of sp³-hybridized carbons (Fsp3) is 0.190. The van der Waals surface area contributed by atoms with E-state index in [1.54, 1.807) is 0 Å². The van der Waals surface area contributed by atoms with Crippen LogP contribution in [-0.2, 0) is 6.42 Å². The SMILES string of the molecule is Cc1nc2c(C)cccc2c(N)c1Cc1c(C)[nH]c2ccccc12. The van der Waals surface area contributed by atoms with Crippen LogP contribution in [0.25, 0.3) is 21.8 Å². The fourth-order valence-corrected chi connectivity index (χ4v) is 3.58. The molecule has 0 radical (unpaired) electrons. The minimum Gasteiger partial charge on any atom is -0.398 e. The van der Waals surface area contributed by atoms with Crippen molar-refractivity contribution in [1.29, 1.82) is 0 Å². The van der Waals surface area contributed by atoms with Crippen LogP contribution in [0.15, 0.2) is 42.5 Å². The largest absolute Gasteiger partial charge is 0.398 e. The molecule has 2 aromatic heterocycles. The Hall–Kier alpha value is -2.81. The van der Waals surface area contributed by atoms with Crippen LogP contribution < -0.4 is 5.73 Å². The minimum absolute atomic E-state index is 0.796. The van der Waals surface area contributed by atoms with Crippen molar-refractivity contribution in [2.24, 2.45) is 0 Å². The summed E-state index contributed by atoms with van der Waals surface area (Å²) in [6, 6.07) is 14.6. The molecule has 0 aliphatic carbocycles. The number of aryl methyl sites for hydroxylation is 3. The molecule has 0 aliphatic rings. The Bertz CT molecular complexity index is 1070. The second-order valence-corrected chi connectivity index (χ2v) is 6.51. The van der Waals surface area contributed by atoms with Crippen molar-refractivity contribution >= 4 is 27.5 Å². The van der Waals surface area contributed by atoms with Gasteiger partial charge in [0, 0.05) is 45.3 Å². The highest BCUT2D eigenvalue weighted by molar-refractivity contribution is 5.94. The number of nitrogens with one attached hydrogen (secondary N) is 1. The maximum Gasteiger partial charge on any atom is 0.0755 e. The summed E-state index contributed by atoms with van der Waals surface area (Å²) in [5.41, 5.74) is 15.4. The number of rotatable bonds is 2. The molecule has 3 heteroatoms. The molecule has 0 unspecified atom stereocenters. The first-order valence-corrected chi connectivity index (χ1v) is 8.26. The van der Waals surface area contributed by atoms with Gasteiger partial charge in [-0.3, -0.25) is 4.98 Å². The first-order chi connectivity index (χ1) is 11.6. The molecular weight excluding hydrogens is 294 g/mol. The average Bonchev–Trinajstić information content (AvgIpc) is 2.88. The van der Waals surface area contributed by atoms with Crippen LogP contribution >= 0.6 is 0 Å². The number of fused-ring (bicyclic) bond motifs is 2. The van der Waals surface area contributed by atoms with Gasteiger partial charge in [0.1, 0.15) is 0 Å². The van der Waals surface area contributed by atoms with Crippen LogP contribution in [0.2, 0.25) is 0 Å². The maximum atomic E-state index is 6.55. The third kappa shape index (κ3) is 2.16. The first kappa shape index (κ1) is 14.8. The van der Waals surface area contributed by atoms with E-state index in [0.29, 0.717) is 0 Å². The van der Waals surface area contributed by atoms with Gasteiger partial charge in [-0.2, -0.15) is 0 Å². The number of aromatic amines is 1. The van der Waals surface area contributed by atoms with Gasteiger partial charge in [0.25, 0.3) is 0 Å². The van der Waals surface area contributed by atoms with E-state index in [1.807, 2.05) is 6.07 Å². The molecule has 4 aromatic rings. The molecule has 3 N–H and O–H groups in total. The van der Waals surface area contributed by atoms with E-state index in [0.717, 1.165) is 39.8 Å². The first-order valence-electron chi connectivity index (χ1n) is 8.26. The lowest BCUT2D eigenvalue weighted by molar-refractivity contribution is 1.09. The number of hydrogen-bond donors (Lipinski definition) is 2. The zero-order chi connectivity index (χ0) is 16.8. The van der Waals surface area contributed by atoms with E-state index >= 15 is 0 Å². The summed E-state index contributed by atoms with van der Waals surface area (Å²) in [7, 11) is 0. The molecule has 2 aromatic carbocycles. The number of H-pyrrole nitrogens is 1. The summed E-state index contributed by atoms with van der Waals surface area (Å²) in [6.07, 6.45) is 0.796. The lowest BCUT2D eigenvalue weighted by atomic mass is 9.97. The number of nitrogen functional groups attached to an aromatic ring is 1. The highest BCUT2D eigenvalue weighted by atomic mass is 14.7. The van der Waals surface area contributed by atoms with Crippen molar-refractivity contribution in [3.63, 3.8) is 0 Å². The van der Waals surface area contributed by atoms with Gasteiger partial charge >= 0.3 is 0 Å². The van der Waals surface area contributed by atoms with E-state index in [1.165, 1.54) is 22.2 Å². The molecule has 3 nitrogen and oxygen atoms in total. The average molecular weight is 315 g/mol. The third-order valence-corrected chi connectivity index (χ3v) is 4.95. The predicted molar refractivity (Wildman–Crippen MR) is 101 cm³/mol. The van der Waals surface area contributed by atoms with E-state index in [4.69, 9.17) is 10.7 Å². The molecule has 0 atom stereocenters. The number of para-hydroxylation sites is 2. The zero-order valence-corrected chi connectivity index (χ0v) is 14.3. The second-order valence-electron chi connectivity index (χ2n) is 6.51. The second kappa shape index (κ2) is 5.38. The third-order valence-electron chi connectivity index (χ3n) is 4.95. The van der Waals surface area contributed by atoms with E-state index in [-0.39, 0.29) is 0 Å². The summed E-state index contributed by atoms with van der Waals surface area (Å²) in [6.45, 7) is 6.26. The Morgan fingerprint density at radius 3 is 2.50 bits per heavy atom. The maximum absolute atomic E-state index is 6.55. The monoisotopic (exact) mass is 315 g/mol. The van der Waals surface area contributed by atoms with Crippen molar-refractivity contribution in [2.45, 2.75) is 27.2 Å². The summed E-state index contributed by atoms with van der Waals surface area (Å²) in [4.78, 5) is 8.31. The van der Waals surface area contributed by atoms with E-state index in [2.05, 4.69) is 62.2 Å². The quantitative estimate of drug-likeness (QED) is 0.557. The van der Waals surface area contributed by atoms with Crippen LogP contribution in [0.4, 0.5) is 5.69 Å². The Labute approximate surface area is 141 Å². The van der Waals surface area contributed by atoms with Crippen LogP contribution in [0.1, 0.15) is 28.1 Å². The van der Waals surface area contributed by atoms with Crippen LogP contribution in [0.3, 0.4) is 0 Å². The van der Waals surface area contributed by atoms with Gasteiger partial charge in [-0.25, -0.2) is 0 Å².